The predicted octanol–water partition coefficient (Wildman–Crippen LogP) is 21.2. The van der Waals surface area contributed by atoms with E-state index in [0.717, 1.165) is 64.2 Å². The fraction of sp³-hybridized carbons (Fsp3) is 0.862. The Morgan fingerprint density at radius 2 is 0.507 bits per heavy atom. The largest absolute Gasteiger partial charge is 0.462 e. The molecular weight excluding hydrogens is 877 g/mol. The Morgan fingerprint density at radius 1 is 0.282 bits per heavy atom. The van der Waals surface area contributed by atoms with Gasteiger partial charge in [0.05, 0.1) is 0 Å². The number of unbranched alkanes of at least 4 members (excludes halogenated alkanes) is 41. The first-order valence-corrected chi connectivity index (χ1v) is 31.5. The first-order valence-electron chi connectivity index (χ1n) is 31.5. The molecule has 0 radical (unpaired) electrons. The standard InChI is InChI=1S/C65H120O6/c1-4-7-10-13-16-19-22-25-28-30-31-32-33-35-37-40-43-46-49-52-55-58-64(67)70-61-62(60-69-63(66)57-54-51-48-45-42-39-36-27-24-21-18-15-12-9-6-3)71-65(68)59-56-53-50-47-44-41-38-34-29-26-23-20-17-14-11-8-5-2/h22,25-26,29-31,62H,4-21,23-24,27-28,32-61H2,1-3H3/b25-22-,29-26-,31-30-. The molecule has 71 heavy (non-hydrogen) atoms. The molecule has 0 aliphatic heterocycles. The van der Waals surface area contributed by atoms with Crippen molar-refractivity contribution < 1.29 is 28.6 Å². The summed E-state index contributed by atoms with van der Waals surface area (Å²) in [5, 5.41) is 0. The fourth-order valence-corrected chi connectivity index (χ4v) is 9.35. The minimum absolute atomic E-state index is 0.0709. The molecule has 0 rings (SSSR count). The van der Waals surface area contributed by atoms with Crippen LogP contribution in [0.5, 0.6) is 0 Å². The molecule has 0 aromatic heterocycles. The number of rotatable bonds is 58. The van der Waals surface area contributed by atoms with Crippen molar-refractivity contribution >= 4 is 17.9 Å². The highest BCUT2D eigenvalue weighted by Crippen LogP contribution is 2.17. The molecule has 0 spiro atoms. The normalized spacial score (nSPS) is 12.2. The number of carbonyl (C=O) groups is 3. The van der Waals surface area contributed by atoms with E-state index >= 15 is 0 Å². The average molecular weight is 998 g/mol. The SMILES string of the molecule is CCCCCCC/C=C\C/C=C\CCCCCCCCCCCC(=O)OCC(COC(=O)CCCCCCCCCCCCCCCCC)OC(=O)CCCCCCCCC/C=C\CCCCCCCC. The van der Waals surface area contributed by atoms with Crippen molar-refractivity contribution in [3.63, 3.8) is 0 Å². The first kappa shape index (κ1) is 68.6. The van der Waals surface area contributed by atoms with Crippen molar-refractivity contribution in [2.45, 2.75) is 348 Å². The summed E-state index contributed by atoms with van der Waals surface area (Å²) in [6.07, 6.45) is 72.8. The summed E-state index contributed by atoms with van der Waals surface area (Å²) in [6, 6.07) is 0. The first-order chi connectivity index (χ1) is 35.0. The van der Waals surface area contributed by atoms with E-state index < -0.39 is 6.10 Å². The van der Waals surface area contributed by atoms with E-state index in [1.807, 2.05) is 0 Å². The molecule has 1 unspecified atom stereocenters. The number of allylic oxidation sites excluding steroid dienone is 6. The summed E-state index contributed by atoms with van der Waals surface area (Å²) in [5.41, 5.74) is 0. The maximum atomic E-state index is 12.9. The number of ether oxygens (including phenoxy) is 3. The van der Waals surface area contributed by atoms with Gasteiger partial charge in [0.1, 0.15) is 13.2 Å². The Hall–Kier alpha value is -2.37. The Labute approximate surface area is 442 Å². The van der Waals surface area contributed by atoms with Gasteiger partial charge in [-0.2, -0.15) is 0 Å². The lowest BCUT2D eigenvalue weighted by atomic mass is 10.0. The van der Waals surface area contributed by atoms with Crippen molar-refractivity contribution in [3.05, 3.63) is 36.5 Å². The molecule has 0 heterocycles. The molecular formula is C65H120O6. The van der Waals surface area contributed by atoms with E-state index in [4.69, 9.17) is 14.2 Å². The van der Waals surface area contributed by atoms with Gasteiger partial charge in [0.15, 0.2) is 6.10 Å². The zero-order chi connectivity index (χ0) is 51.4. The average Bonchev–Trinajstić information content (AvgIpc) is 3.37. The van der Waals surface area contributed by atoms with Crippen molar-refractivity contribution in [3.8, 4) is 0 Å². The van der Waals surface area contributed by atoms with Crippen LogP contribution in [-0.4, -0.2) is 37.2 Å². The third-order valence-corrected chi connectivity index (χ3v) is 14.1. The van der Waals surface area contributed by atoms with Crippen molar-refractivity contribution in [1.82, 2.24) is 0 Å². The number of hydrogen-bond donors (Lipinski definition) is 0. The van der Waals surface area contributed by atoms with Crippen LogP contribution < -0.4 is 0 Å². The quantitative estimate of drug-likeness (QED) is 0.0261. The molecule has 1 atom stereocenters. The molecule has 0 saturated carbocycles. The van der Waals surface area contributed by atoms with E-state index in [9.17, 15) is 14.4 Å². The van der Waals surface area contributed by atoms with Crippen molar-refractivity contribution in [2.75, 3.05) is 13.2 Å². The second-order valence-electron chi connectivity index (χ2n) is 21.3. The predicted molar refractivity (Wildman–Crippen MR) is 307 cm³/mol. The minimum Gasteiger partial charge on any atom is -0.462 e. The Morgan fingerprint density at radius 3 is 0.789 bits per heavy atom. The van der Waals surface area contributed by atoms with Gasteiger partial charge in [0.2, 0.25) is 0 Å². The van der Waals surface area contributed by atoms with E-state index in [0.29, 0.717) is 19.3 Å². The van der Waals surface area contributed by atoms with Crippen LogP contribution in [0.3, 0.4) is 0 Å². The summed E-state index contributed by atoms with van der Waals surface area (Å²) >= 11 is 0. The second-order valence-corrected chi connectivity index (χ2v) is 21.3. The van der Waals surface area contributed by atoms with Crippen LogP contribution in [-0.2, 0) is 28.6 Å². The zero-order valence-electron chi connectivity index (χ0n) is 47.8. The molecule has 0 aromatic carbocycles. The third-order valence-electron chi connectivity index (χ3n) is 14.1. The lowest BCUT2D eigenvalue weighted by Gasteiger charge is -2.18. The number of hydrogen-bond acceptors (Lipinski definition) is 6. The highest BCUT2D eigenvalue weighted by atomic mass is 16.6. The molecule has 6 heteroatoms. The van der Waals surface area contributed by atoms with Gasteiger partial charge < -0.3 is 14.2 Å². The van der Waals surface area contributed by atoms with Gasteiger partial charge in [-0.3, -0.25) is 14.4 Å². The van der Waals surface area contributed by atoms with Crippen LogP contribution in [0.2, 0.25) is 0 Å². The Balaban J connectivity index is 4.33. The van der Waals surface area contributed by atoms with Crippen LogP contribution >= 0.6 is 0 Å². The van der Waals surface area contributed by atoms with Crippen LogP contribution in [0.15, 0.2) is 36.5 Å². The van der Waals surface area contributed by atoms with Crippen LogP contribution in [0.25, 0.3) is 0 Å². The van der Waals surface area contributed by atoms with Gasteiger partial charge in [-0.1, -0.05) is 282 Å². The van der Waals surface area contributed by atoms with Gasteiger partial charge in [-0.25, -0.2) is 0 Å². The van der Waals surface area contributed by atoms with Gasteiger partial charge in [-0.15, -0.1) is 0 Å². The fourth-order valence-electron chi connectivity index (χ4n) is 9.35. The summed E-state index contributed by atoms with van der Waals surface area (Å²) in [5.74, 6) is -0.857. The summed E-state index contributed by atoms with van der Waals surface area (Å²) in [7, 11) is 0. The molecule has 6 nitrogen and oxygen atoms in total. The Kier molecular flexibility index (Phi) is 58.2. The van der Waals surface area contributed by atoms with Crippen molar-refractivity contribution in [1.29, 1.82) is 0 Å². The molecule has 0 aliphatic carbocycles. The van der Waals surface area contributed by atoms with E-state index in [2.05, 4.69) is 57.2 Å². The molecule has 0 fully saturated rings. The Bertz CT molecular complexity index is 1190. The summed E-state index contributed by atoms with van der Waals surface area (Å²) < 4.78 is 16.9. The molecule has 0 bridgehead atoms. The summed E-state index contributed by atoms with van der Waals surface area (Å²) in [6.45, 7) is 6.67. The van der Waals surface area contributed by atoms with Gasteiger partial charge in [0, 0.05) is 19.3 Å². The molecule has 0 aliphatic rings. The van der Waals surface area contributed by atoms with Crippen LogP contribution in [0.4, 0.5) is 0 Å². The van der Waals surface area contributed by atoms with Gasteiger partial charge in [0.25, 0.3) is 0 Å². The molecule has 0 saturated heterocycles. The third kappa shape index (κ3) is 58.4. The zero-order valence-corrected chi connectivity index (χ0v) is 47.8. The maximum absolute atomic E-state index is 12.9. The summed E-state index contributed by atoms with van der Waals surface area (Å²) in [4.78, 5) is 38.3. The number of esters is 3. The highest BCUT2D eigenvalue weighted by Gasteiger charge is 2.19. The topological polar surface area (TPSA) is 78.9 Å². The van der Waals surface area contributed by atoms with Gasteiger partial charge >= 0.3 is 17.9 Å². The molecule has 0 N–H and O–H groups in total. The van der Waals surface area contributed by atoms with Crippen LogP contribution in [0, 0.1) is 0 Å². The monoisotopic (exact) mass is 997 g/mol. The molecule has 0 amide bonds. The van der Waals surface area contributed by atoms with E-state index in [-0.39, 0.29) is 31.1 Å². The van der Waals surface area contributed by atoms with Crippen molar-refractivity contribution in [2.24, 2.45) is 0 Å². The lowest BCUT2D eigenvalue weighted by Crippen LogP contribution is -2.30. The van der Waals surface area contributed by atoms with Crippen LogP contribution in [0.1, 0.15) is 342 Å². The molecule has 416 valence electrons. The van der Waals surface area contributed by atoms with Gasteiger partial charge in [-0.05, 0) is 77.0 Å². The second kappa shape index (κ2) is 60.2. The number of carbonyl (C=O) groups excluding carboxylic acids is 3. The smallest absolute Gasteiger partial charge is 0.306 e. The lowest BCUT2D eigenvalue weighted by molar-refractivity contribution is -0.167. The maximum Gasteiger partial charge on any atom is 0.306 e. The molecule has 0 aromatic rings. The van der Waals surface area contributed by atoms with E-state index in [1.165, 1.54) is 238 Å². The highest BCUT2D eigenvalue weighted by molar-refractivity contribution is 5.71. The minimum atomic E-state index is -0.774. The van der Waals surface area contributed by atoms with E-state index in [1.54, 1.807) is 0 Å².